The zero-order chi connectivity index (χ0) is 22.3. The molecule has 166 valence electrons. The molecule has 0 aliphatic heterocycles. The van der Waals surface area contributed by atoms with Crippen LogP contribution in [0.2, 0.25) is 0 Å². The summed E-state index contributed by atoms with van der Waals surface area (Å²) in [6, 6.07) is 14.8. The number of aryl methyl sites for hydroxylation is 1. The molecule has 2 aromatic carbocycles. The summed E-state index contributed by atoms with van der Waals surface area (Å²) >= 11 is 0. The van der Waals surface area contributed by atoms with E-state index in [1.165, 1.54) is 48.7 Å². The van der Waals surface area contributed by atoms with E-state index >= 15 is 0 Å². The SMILES string of the molecule is Cc1ccc(C23C[C@@H]4C[C@@H](CC(NC(=O)N/N=C\c5cccc([N+](=O)[O-])c5)(C4)C2)C3)cc1. The summed E-state index contributed by atoms with van der Waals surface area (Å²) < 4.78 is 0. The standard InChI is InChI=1S/C25H28N4O3/c1-17-5-7-21(8-6-17)24-11-19-9-20(12-24)14-25(13-19,16-24)27-23(30)28-26-15-18-3-2-4-22(10-18)29(31)32/h2-8,10,15,19-20H,9,11-14,16H2,1H3,(H2,27,28,30)/b26-15-/t19-,20+,24?,25?. The van der Waals surface area contributed by atoms with E-state index in [1.807, 2.05) is 0 Å². The summed E-state index contributed by atoms with van der Waals surface area (Å²) in [7, 11) is 0. The summed E-state index contributed by atoms with van der Waals surface area (Å²) in [5.41, 5.74) is 5.76. The molecular weight excluding hydrogens is 404 g/mol. The van der Waals surface area contributed by atoms with Crippen molar-refractivity contribution in [1.29, 1.82) is 0 Å². The van der Waals surface area contributed by atoms with Crippen molar-refractivity contribution in [2.45, 2.75) is 56.4 Å². The maximum absolute atomic E-state index is 12.7. The first-order valence-electron chi connectivity index (χ1n) is 11.3. The minimum atomic E-state index is -0.450. The Hall–Kier alpha value is -3.22. The Morgan fingerprint density at radius 2 is 1.84 bits per heavy atom. The maximum Gasteiger partial charge on any atom is 0.335 e. The van der Waals surface area contributed by atoms with E-state index in [0.29, 0.717) is 17.4 Å². The van der Waals surface area contributed by atoms with Crippen molar-refractivity contribution in [3.8, 4) is 0 Å². The summed E-state index contributed by atoms with van der Waals surface area (Å²) in [5.74, 6) is 1.29. The molecule has 7 heteroatoms. The largest absolute Gasteiger partial charge is 0.335 e. The van der Waals surface area contributed by atoms with Gasteiger partial charge in [0.15, 0.2) is 0 Å². The van der Waals surface area contributed by atoms with Crippen molar-refractivity contribution >= 4 is 17.9 Å². The van der Waals surface area contributed by atoms with Gasteiger partial charge in [0, 0.05) is 23.2 Å². The van der Waals surface area contributed by atoms with Crippen LogP contribution in [-0.4, -0.2) is 22.7 Å². The highest BCUT2D eigenvalue weighted by atomic mass is 16.6. The molecule has 4 aliphatic rings. The number of nitro benzene ring substituents is 1. The van der Waals surface area contributed by atoms with E-state index in [0.717, 1.165) is 19.3 Å². The van der Waals surface area contributed by atoms with E-state index in [9.17, 15) is 14.9 Å². The lowest BCUT2D eigenvalue weighted by molar-refractivity contribution is -0.384. The molecule has 4 atom stereocenters. The summed E-state index contributed by atoms with van der Waals surface area (Å²) in [4.78, 5) is 23.2. The van der Waals surface area contributed by atoms with Crippen LogP contribution in [0.15, 0.2) is 53.6 Å². The number of hydrazone groups is 1. The number of nitro groups is 1. The third-order valence-corrected chi connectivity index (χ3v) is 7.56. The van der Waals surface area contributed by atoms with E-state index in [2.05, 4.69) is 47.0 Å². The smallest absolute Gasteiger partial charge is 0.331 e. The van der Waals surface area contributed by atoms with Crippen LogP contribution in [0.3, 0.4) is 0 Å². The number of amides is 2. The van der Waals surface area contributed by atoms with Crippen molar-refractivity contribution in [2.75, 3.05) is 0 Å². The van der Waals surface area contributed by atoms with Crippen LogP contribution < -0.4 is 10.7 Å². The number of benzene rings is 2. The van der Waals surface area contributed by atoms with Crippen LogP contribution in [0.4, 0.5) is 10.5 Å². The number of hydrogen-bond donors (Lipinski definition) is 2. The van der Waals surface area contributed by atoms with Gasteiger partial charge in [-0.05, 0) is 68.3 Å². The van der Waals surface area contributed by atoms with E-state index in [1.54, 1.807) is 12.1 Å². The monoisotopic (exact) mass is 432 g/mol. The molecule has 32 heavy (non-hydrogen) atoms. The zero-order valence-electron chi connectivity index (χ0n) is 18.2. The molecule has 0 spiro atoms. The van der Waals surface area contributed by atoms with Crippen molar-refractivity contribution in [1.82, 2.24) is 10.7 Å². The molecule has 4 fully saturated rings. The van der Waals surface area contributed by atoms with Crippen molar-refractivity contribution in [3.63, 3.8) is 0 Å². The van der Waals surface area contributed by atoms with Gasteiger partial charge >= 0.3 is 6.03 Å². The van der Waals surface area contributed by atoms with Crippen LogP contribution in [0.25, 0.3) is 0 Å². The molecule has 0 heterocycles. The van der Waals surface area contributed by atoms with Gasteiger partial charge in [-0.25, -0.2) is 10.2 Å². The lowest BCUT2D eigenvalue weighted by Crippen LogP contribution is -2.65. The molecule has 7 nitrogen and oxygen atoms in total. The van der Waals surface area contributed by atoms with E-state index in [-0.39, 0.29) is 22.7 Å². The fourth-order valence-electron chi connectivity index (χ4n) is 6.81. The molecule has 4 aliphatic carbocycles. The molecule has 2 amide bonds. The number of carbonyl (C=O) groups is 1. The van der Waals surface area contributed by atoms with Gasteiger partial charge in [-0.2, -0.15) is 5.10 Å². The molecule has 6 rings (SSSR count). The molecule has 0 radical (unpaired) electrons. The quantitative estimate of drug-likeness (QED) is 0.402. The molecule has 4 bridgehead atoms. The van der Waals surface area contributed by atoms with E-state index in [4.69, 9.17) is 0 Å². The zero-order valence-corrected chi connectivity index (χ0v) is 18.2. The predicted molar refractivity (Wildman–Crippen MR) is 123 cm³/mol. The Bertz CT molecular complexity index is 1060. The van der Waals surface area contributed by atoms with Crippen LogP contribution in [0.5, 0.6) is 0 Å². The third-order valence-electron chi connectivity index (χ3n) is 7.56. The average molecular weight is 433 g/mol. The first-order chi connectivity index (χ1) is 15.3. The van der Waals surface area contributed by atoms with Gasteiger partial charge in [0.1, 0.15) is 0 Å². The fraction of sp³-hybridized carbons (Fsp3) is 0.440. The van der Waals surface area contributed by atoms with Gasteiger partial charge in [0.2, 0.25) is 0 Å². The summed E-state index contributed by atoms with van der Waals surface area (Å²) in [6.45, 7) is 2.12. The highest BCUT2D eigenvalue weighted by Crippen LogP contribution is 2.62. The highest BCUT2D eigenvalue weighted by molar-refractivity contribution is 5.82. The number of urea groups is 1. The van der Waals surface area contributed by atoms with Gasteiger partial charge in [0.05, 0.1) is 11.1 Å². The second kappa shape index (κ2) is 7.73. The molecule has 0 aromatic heterocycles. The third kappa shape index (κ3) is 3.87. The Balaban J connectivity index is 1.29. The normalized spacial score (nSPS) is 30.4. The molecule has 4 saturated carbocycles. The van der Waals surface area contributed by atoms with Crippen LogP contribution in [0.1, 0.15) is 55.2 Å². The lowest BCUT2D eigenvalue weighted by atomic mass is 9.45. The second-order valence-electron chi connectivity index (χ2n) is 10.1. The van der Waals surface area contributed by atoms with Crippen LogP contribution >= 0.6 is 0 Å². The molecule has 2 N–H and O–H groups in total. The molecular formula is C25H28N4O3. The van der Waals surface area contributed by atoms with Crippen LogP contribution in [-0.2, 0) is 5.41 Å². The van der Waals surface area contributed by atoms with Crippen molar-refractivity contribution in [3.05, 3.63) is 75.3 Å². The second-order valence-corrected chi connectivity index (χ2v) is 10.1. The van der Waals surface area contributed by atoms with Crippen molar-refractivity contribution < 1.29 is 9.72 Å². The highest BCUT2D eigenvalue weighted by Gasteiger charge is 2.58. The van der Waals surface area contributed by atoms with Gasteiger partial charge < -0.3 is 5.32 Å². The van der Waals surface area contributed by atoms with Crippen LogP contribution in [0, 0.1) is 28.9 Å². The molecule has 0 saturated heterocycles. The minimum Gasteiger partial charge on any atom is -0.331 e. The topological polar surface area (TPSA) is 96.6 Å². The molecule has 2 unspecified atom stereocenters. The molecule has 2 aromatic rings. The number of rotatable bonds is 5. The van der Waals surface area contributed by atoms with E-state index < -0.39 is 4.92 Å². The first-order valence-corrected chi connectivity index (χ1v) is 11.3. The Morgan fingerprint density at radius 3 is 2.53 bits per heavy atom. The minimum absolute atomic E-state index is 0.00614. The van der Waals surface area contributed by atoms with Crippen molar-refractivity contribution in [2.24, 2.45) is 16.9 Å². The maximum atomic E-state index is 12.7. The van der Waals surface area contributed by atoms with Gasteiger partial charge in [-0.1, -0.05) is 42.0 Å². The number of hydrogen-bond acceptors (Lipinski definition) is 4. The number of carbonyl (C=O) groups excluding carboxylic acids is 1. The summed E-state index contributed by atoms with van der Waals surface area (Å²) in [5, 5.41) is 18.2. The summed E-state index contributed by atoms with van der Waals surface area (Å²) in [6.07, 6.45) is 8.14. The Kier molecular flexibility index (Phi) is 4.99. The number of non-ortho nitro benzene ring substituents is 1. The first kappa shape index (κ1) is 20.7. The Morgan fingerprint density at radius 1 is 1.12 bits per heavy atom. The van der Waals surface area contributed by atoms with Gasteiger partial charge in [-0.15, -0.1) is 0 Å². The lowest BCUT2D eigenvalue weighted by Gasteiger charge is -2.62. The number of nitrogens with zero attached hydrogens (tertiary/aromatic N) is 2. The van der Waals surface area contributed by atoms with Gasteiger partial charge in [0.25, 0.3) is 5.69 Å². The fourth-order valence-corrected chi connectivity index (χ4v) is 6.81. The Labute approximate surface area is 187 Å². The average Bonchev–Trinajstić information content (AvgIpc) is 2.73. The predicted octanol–water partition coefficient (Wildman–Crippen LogP) is 4.83. The van der Waals surface area contributed by atoms with Gasteiger partial charge in [-0.3, -0.25) is 10.1 Å². The number of nitrogens with one attached hydrogen (secondary N) is 2.